The lowest BCUT2D eigenvalue weighted by atomic mass is 9.88. The van der Waals surface area contributed by atoms with Crippen molar-refractivity contribution in [2.75, 3.05) is 19.6 Å². The SMILES string of the molecule is [B]CCCC1CN(CCC)CC1C(=O)O. The molecule has 0 aromatic heterocycles. The quantitative estimate of drug-likeness (QED) is 0.672. The third kappa shape index (κ3) is 3.52. The number of carbonyl (C=O) groups is 1. The normalized spacial score (nSPS) is 27.0. The van der Waals surface area contributed by atoms with E-state index in [1.165, 1.54) is 0 Å². The molecule has 84 valence electrons. The van der Waals surface area contributed by atoms with Crippen molar-refractivity contribution >= 4 is 13.8 Å². The predicted octanol–water partition coefficient (Wildman–Crippen LogP) is 1.40. The average molecular weight is 209 g/mol. The summed E-state index contributed by atoms with van der Waals surface area (Å²) in [6.07, 6.45) is 3.65. The first-order chi connectivity index (χ1) is 7.19. The Hall–Kier alpha value is -0.505. The summed E-state index contributed by atoms with van der Waals surface area (Å²) in [7, 11) is 5.46. The second-order valence-corrected chi connectivity index (χ2v) is 4.40. The van der Waals surface area contributed by atoms with Crippen LogP contribution in [-0.2, 0) is 4.79 Å². The van der Waals surface area contributed by atoms with Gasteiger partial charge < -0.3 is 10.0 Å². The van der Waals surface area contributed by atoms with E-state index in [9.17, 15) is 4.79 Å². The molecule has 1 aliphatic rings. The summed E-state index contributed by atoms with van der Waals surface area (Å²) in [4.78, 5) is 13.3. The van der Waals surface area contributed by atoms with E-state index in [-0.39, 0.29) is 5.92 Å². The van der Waals surface area contributed by atoms with Crippen LogP contribution in [0.15, 0.2) is 0 Å². The maximum atomic E-state index is 11.1. The number of carboxylic acids is 1. The zero-order chi connectivity index (χ0) is 11.3. The molecule has 4 heteroatoms. The van der Waals surface area contributed by atoms with Crippen LogP contribution in [-0.4, -0.2) is 43.5 Å². The van der Waals surface area contributed by atoms with Gasteiger partial charge in [0.1, 0.15) is 0 Å². The van der Waals surface area contributed by atoms with Crippen LogP contribution in [0.25, 0.3) is 0 Å². The summed E-state index contributed by atoms with van der Waals surface area (Å²) < 4.78 is 0. The van der Waals surface area contributed by atoms with Gasteiger partial charge in [0, 0.05) is 13.1 Å². The summed E-state index contributed by atoms with van der Waals surface area (Å²) in [6.45, 7) is 4.80. The Kier molecular flexibility index (Phi) is 5.16. The fraction of sp³-hybridized carbons (Fsp3) is 0.909. The van der Waals surface area contributed by atoms with Crippen molar-refractivity contribution in [2.45, 2.75) is 32.5 Å². The van der Waals surface area contributed by atoms with Gasteiger partial charge in [-0.3, -0.25) is 4.79 Å². The predicted molar refractivity (Wildman–Crippen MR) is 61.1 cm³/mol. The van der Waals surface area contributed by atoms with Crippen LogP contribution in [0.1, 0.15) is 26.2 Å². The summed E-state index contributed by atoms with van der Waals surface area (Å²) >= 11 is 0. The molecule has 1 fully saturated rings. The second-order valence-electron chi connectivity index (χ2n) is 4.40. The molecule has 0 bridgehead atoms. The van der Waals surface area contributed by atoms with E-state index < -0.39 is 5.97 Å². The molecule has 0 aromatic carbocycles. The molecule has 1 N–H and O–H groups in total. The first-order valence-electron chi connectivity index (χ1n) is 5.84. The zero-order valence-corrected chi connectivity index (χ0v) is 9.48. The largest absolute Gasteiger partial charge is 0.481 e. The topological polar surface area (TPSA) is 40.5 Å². The van der Waals surface area contributed by atoms with Crippen LogP contribution < -0.4 is 0 Å². The Morgan fingerprint density at radius 3 is 2.80 bits per heavy atom. The van der Waals surface area contributed by atoms with Crippen LogP contribution in [0.4, 0.5) is 0 Å². The van der Waals surface area contributed by atoms with Crippen molar-refractivity contribution in [1.82, 2.24) is 4.90 Å². The third-order valence-electron chi connectivity index (χ3n) is 3.15. The van der Waals surface area contributed by atoms with Gasteiger partial charge in [0.2, 0.25) is 0 Å². The highest BCUT2D eigenvalue weighted by Gasteiger charge is 2.36. The number of likely N-dealkylation sites (tertiary alicyclic amines) is 1. The minimum Gasteiger partial charge on any atom is -0.481 e. The standard InChI is InChI=1S/C11H20BNO2/c1-2-6-13-7-9(4-3-5-12)10(8-13)11(14)15/h9-10H,2-8H2,1H3,(H,14,15). The van der Waals surface area contributed by atoms with Crippen LogP contribution >= 0.6 is 0 Å². The Labute approximate surface area is 93.3 Å². The van der Waals surface area contributed by atoms with Gasteiger partial charge in [-0.1, -0.05) is 19.7 Å². The van der Waals surface area contributed by atoms with Gasteiger partial charge in [-0.2, -0.15) is 0 Å². The van der Waals surface area contributed by atoms with Crippen molar-refractivity contribution in [1.29, 1.82) is 0 Å². The fourth-order valence-electron chi connectivity index (χ4n) is 2.41. The highest BCUT2D eigenvalue weighted by Crippen LogP contribution is 2.28. The van der Waals surface area contributed by atoms with E-state index in [4.69, 9.17) is 13.0 Å². The number of hydrogen-bond donors (Lipinski definition) is 1. The molecule has 0 aliphatic carbocycles. The number of rotatable bonds is 6. The number of nitrogens with zero attached hydrogens (tertiary/aromatic N) is 1. The van der Waals surface area contributed by atoms with E-state index in [0.29, 0.717) is 12.2 Å². The van der Waals surface area contributed by atoms with E-state index in [0.717, 1.165) is 38.9 Å². The smallest absolute Gasteiger partial charge is 0.308 e. The maximum Gasteiger partial charge on any atom is 0.308 e. The Morgan fingerprint density at radius 2 is 2.27 bits per heavy atom. The van der Waals surface area contributed by atoms with E-state index in [1.807, 2.05) is 0 Å². The van der Waals surface area contributed by atoms with Gasteiger partial charge in [-0.05, 0) is 25.3 Å². The van der Waals surface area contributed by atoms with Crippen LogP contribution in [0.3, 0.4) is 0 Å². The van der Waals surface area contributed by atoms with Crippen molar-refractivity contribution in [3.05, 3.63) is 0 Å². The molecule has 0 amide bonds. The lowest BCUT2D eigenvalue weighted by Crippen LogP contribution is -2.24. The molecular weight excluding hydrogens is 189 g/mol. The lowest BCUT2D eigenvalue weighted by molar-refractivity contribution is -0.142. The zero-order valence-electron chi connectivity index (χ0n) is 9.48. The summed E-state index contributed by atoms with van der Waals surface area (Å²) in [5.41, 5.74) is 0. The maximum absolute atomic E-state index is 11.1. The molecular formula is C11H20BNO2. The average Bonchev–Trinajstić information content (AvgIpc) is 2.59. The number of aliphatic carboxylic acids is 1. The monoisotopic (exact) mass is 209 g/mol. The third-order valence-corrected chi connectivity index (χ3v) is 3.15. The first-order valence-corrected chi connectivity index (χ1v) is 5.84. The first kappa shape index (κ1) is 12.6. The molecule has 15 heavy (non-hydrogen) atoms. The second kappa shape index (κ2) is 6.16. The molecule has 1 aliphatic heterocycles. The highest BCUT2D eigenvalue weighted by molar-refractivity contribution is 6.08. The van der Waals surface area contributed by atoms with Gasteiger partial charge in [-0.15, -0.1) is 0 Å². The van der Waals surface area contributed by atoms with E-state index in [1.54, 1.807) is 0 Å². The Balaban J connectivity index is 2.47. The summed E-state index contributed by atoms with van der Waals surface area (Å²) in [5.74, 6) is -0.517. The Morgan fingerprint density at radius 1 is 1.53 bits per heavy atom. The minimum absolute atomic E-state index is 0.178. The van der Waals surface area contributed by atoms with Crippen LogP contribution in [0.2, 0.25) is 6.32 Å². The van der Waals surface area contributed by atoms with Crippen LogP contribution in [0.5, 0.6) is 0 Å². The Bertz CT molecular complexity index is 211. The summed E-state index contributed by atoms with van der Waals surface area (Å²) in [6, 6.07) is 0. The van der Waals surface area contributed by atoms with Crippen molar-refractivity contribution in [3.63, 3.8) is 0 Å². The fourth-order valence-corrected chi connectivity index (χ4v) is 2.41. The molecule has 0 spiro atoms. The van der Waals surface area contributed by atoms with Crippen molar-refractivity contribution < 1.29 is 9.90 Å². The molecule has 0 saturated carbocycles. The van der Waals surface area contributed by atoms with Crippen molar-refractivity contribution in [3.8, 4) is 0 Å². The van der Waals surface area contributed by atoms with Crippen LogP contribution in [0, 0.1) is 11.8 Å². The summed E-state index contributed by atoms with van der Waals surface area (Å²) in [5, 5.41) is 9.11. The molecule has 1 rings (SSSR count). The molecule has 2 radical (unpaired) electrons. The van der Waals surface area contributed by atoms with Gasteiger partial charge in [0.05, 0.1) is 13.8 Å². The molecule has 3 nitrogen and oxygen atoms in total. The van der Waals surface area contributed by atoms with E-state index >= 15 is 0 Å². The van der Waals surface area contributed by atoms with E-state index in [2.05, 4.69) is 11.8 Å². The van der Waals surface area contributed by atoms with Gasteiger partial charge >= 0.3 is 5.97 Å². The van der Waals surface area contributed by atoms with Gasteiger partial charge in [-0.25, -0.2) is 0 Å². The molecule has 2 unspecified atom stereocenters. The lowest BCUT2D eigenvalue weighted by Gasteiger charge is -2.14. The van der Waals surface area contributed by atoms with Crippen molar-refractivity contribution in [2.24, 2.45) is 11.8 Å². The molecule has 1 saturated heterocycles. The van der Waals surface area contributed by atoms with Gasteiger partial charge in [0.25, 0.3) is 0 Å². The highest BCUT2D eigenvalue weighted by atomic mass is 16.4. The number of hydrogen-bond acceptors (Lipinski definition) is 2. The minimum atomic E-state index is -0.643. The molecule has 2 atom stereocenters. The van der Waals surface area contributed by atoms with Gasteiger partial charge in [0.15, 0.2) is 0 Å². The molecule has 1 heterocycles. The molecule has 0 aromatic rings. The number of carboxylic acid groups (broad SMARTS) is 1.